The van der Waals surface area contributed by atoms with Gasteiger partial charge in [0.2, 0.25) is 0 Å². The zero-order valence-electron chi connectivity index (χ0n) is 12.8. The highest BCUT2D eigenvalue weighted by molar-refractivity contribution is 7.96. The fourth-order valence-electron chi connectivity index (χ4n) is 2.15. The van der Waals surface area contributed by atoms with E-state index < -0.39 is 15.8 Å². The van der Waals surface area contributed by atoms with Crippen LogP contribution in [0.15, 0.2) is 81.4 Å². The molecule has 2 aromatic carbocycles. The van der Waals surface area contributed by atoms with E-state index in [1.165, 1.54) is 0 Å². The van der Waals surface area contributed by atoms with Crippen LogP contribution in [0.3, 0.4) is 0 Å². The van der Waals surface area contributed by atoms with Crippen LogP contribution in [-0.4, -0.2) is 16.4 Å². The minimum atomic E-state index is -2.58. The van der Waals surface area contributed by atoms with Crippen molar-refractivity contribution >= 4 is 9.73 Å². The predicted molar refractivity (Wildman–Crippen MR) is 90.9 cm³/mol. The van der Waals surface area contributed by atoms with Crippen LogP contribution in [0.2, 0.25) is 0 Å². The standard InChI is InChI=1S/C18H21NO2S/c1-15(18(20)16-9-5-3-6-10-16)13-14-22(21,19-2)17-11-7-4-8-12-17/h3-15,18,20H,1-2H3/b14-13-/t15-,18+,22?/m1/s1. The predicted octanol–water partition coefficient (Wildman–Crippen LogP) is 4.03. The van der Waals surface area contributed by atoms with Crippen LogP contribution in [0.4, 0.5) is 0 Å². The average Bonchev–Trinajstić information content (AvgIpc) is 2.60. The summed E-state index contributed by atoms with van der Waals surface area (Å²) in [4.78, 5) is 0.676. The van der Waals surface area contributed by atoms with Crippen molar-refractivity contribution in [3.05, 3.63) is 77.7 Å². The SMILES string of the molecule is CN=S(=O)(/C=C\[C@@H](C)[C@H](O)c1ccccc1)c1ccccc1. The molecule has 0 fully saturated rings. The largest absolute Gasteiger partial charge is 0.388 e. The molecule has 22 heavy (non-hydrogen) atoms. The zero-order valence-corrected chi connectivity index (χ0v) is 13.6. The lowest BCUT2D eigenvalue weighted by molar-refractivity contribution is 0.140. The number of aliphatic hydroxyl groups excluding tert-OH is 1. The van der Waals surface area contributed by atoms with E-state index in [9.17, 15) is 9.32 Å². The smallest absolute Gasteiger partial charge is 0.0963 e. The fourth-order valence-corrected chi connectivity index (χ4v) is 3.65. The maximum absolute atomic E-state index is 12.9. The van der Waals surface area contributed by atoms with Gasteiger partial charge in [-0.05, 0) is 17.7 Å². The summed E-state index contributed by atoms with van der Waals surface area (Å²) in [5.41, 5.74) is 0.847. The van der Waals surface area contributed by atoms with E-state index in [1.807, 2.05) is 55.5 Å². The molecule has 0 saturated carbocycles. The Bertz CT molecular complexity index is 732. The number of aliphatic hydroxyl groups is 1. The Morgan fingerprint density at radius 3 is 2.14 bits per heavy atom. The molecule has 0 aliphatic carbocycles. The van der Waals surface area contributed by atoms with Crippen molar-refractivity contribution < 1.29 is 9.32 Å². The number of rotatable bonds is 5. The lowest BCUT2D eigenvalue weighted by Crippen LogP contribution is -2.07. The number of hydrogen-bond acceptors (Lipinski definition) is 3. The molecule has 1 unspecified atom stereocenters. The van der Waals surface area contributed by atoms with Crippen LogP contribution in [0, 0.1) is 5.92 Å². The molecule has 0 aliphatic rings. The monoisotopic (exact) mass is 315 g/mol. The van der Waals surface area contributed by atoms with Gasteiger partial charge in [-0.3, -0.25) is 0 Å². The third-order valence-corrected chi connectivity index (χ3v) is 5.57. The summed E-state index contributed by atoms with van der Waals surface area (Å²) in [6.07, 6.45) is 1.15. The first-order valence-corrected chi connectivity index (χ1v) is 8.76. The van der Waals surface area contributed by atoms with Gasteiger partial charge in [-0.2, -0.15) is 0 Å². The zero-order chi connectivity index (χ0) is 16.0. The second-order valence-electron chi connectivity index (χ2n) is 5.11. The van der Waals surface area contributed by atoms with E-state index >= 15 is 0 Å². The highest BCUT2D eigenvalue weighted by atomic mass is 32.2. The molecule has 116 valence electrons. The second-order valence-corrected chi connectivity index (χ2v) is 7.35. The lowest BCUT2D eigenvalue weighted by atomic mass is 9.98. The molecule has 2 aromatic rings. The Hall–Kier alpha value is -1.91. The molecule has 3 atom stereocenters. The van der Waals surface area contributed by atoms with Crippen LogP contribution in [-0.2, 0) is 9.73 Å². The first kappa shape index (κ1) is 16.5. The number of hydrogen-bond donors (Lipinski definition) is 1. The van der Waals surface area contributed by atoms with Crippen LogP contribution < -0.4 is 0 Å². The van der Waals surface area contributed by atoms with Crippen molar-refractivity contribution in [1.82, 2.24) is 0 Å². The van der Waals surface area contributed by atoms with Crippen molar-refractivity contribution in [2.45, 2.75) is 17.9 Å². The van der Waals surface area contributed by atoms with E-state index in [1.54, 1.807) is 30.7 Å². The van der Waals surface area contributed by atoms with Crippen molar-refractivity contribution in [3.8, 4) is 0 Å². The van der Waals surface area contributed by atoms with E-state index in [2.05, 4.69) is 4.36 Å². The highest BCUT2D eigenvalue weighted by Crippen LogP contribution is 2.24. The van der Waals surface area contributed by atoms with Gasteiger partial charge in [0.15, 0.2) is 0 Å². The lowest BCUT2D eigenvalue weighted by Gasteiger charge is -2.16. The van der Waals surface area contributed by atoms with Gasteiger partial charge in [-0.25, -0.2) is 8.57 Å². The third kappa shape index (κ3) is 3.84. The summed E-state index contributed by atoms with van der Waals surface area (Å²) in [6, 6.07) is 18.6. The van der Waals surface area contributed by atoms with Crippen LogP contribution in [0.25, 0.3) is 0 Å². The van der Waals surface area contributed by atoms with Gasteiger partial charge in [-0.15, -0.1) is 0 Å². The Morgan fingerprint density at radius 1 is 1.05 bits per heavy atom. The maximum atomic E-state index is 12.9. The van der Waals surface area contributed by atoms with E-state index in [0.717, 1.165) is 5.56 Å². The van der Waals surface area contributed by atoms with Gasteiger partial charge in [0.1, 0.15) is 0 Å². The van der Waals surface area contributed by atoms with Gasteiger partial charge in [0.25, 0.3) is 0 Å². The molecule has 3 nitrogen and oxygen atoms in total. The molecule has 0 spiro atoms. The Labute approximate surface area is 132 Å². The minimum absolute atomic E-state index is 0.159. The molecule has 0 radical (unpaired) electrons. The van der Waals surface area contributed by atoms with Gasteiger partial charge in [0, 0.05) is 18.4 Å². The van der Waals surface area contributed by atoms with Gasteiger partial charge >= 0.3 is 0 Å². The average molecular weight is 315 g/mol. The summed E-state index contributed by atoms with van der Waals surface area (Å²) in [5, 5.41) is 12.0. The number of benzene rings is 2. The molecule has 1 N–H and O–H groups in total. The fraction of sp³-hybridized carbons (Fsp3) is 0.222. The van der Waals surface area contributed by atoms with E-state index in [0.29, 0.717) is 4.90 Å². The number of nitrogens with zero attached hydrogens (tertiary/aromatic N) is 1. The third-order valence-electron chi connectivity index (χ3n) is 3.56. The highest BCUT2D eigenvalue weighted by Gasteiger charge is 2.15. The summed E-state index contributed by atoms with van der Waals surface area (Å²) in [6.45, 7) is 1.90. The molecule has 0 aromatic heterocycles. The Morgan fingerprint density at radius 2 is 1.59 bits per heavy atom. The molecule has 0 amide bonds. The van der Waals surface area contributed by atoms with Crippen LogP contribution in [0.1, 0.15) is 18.6 Å². The molecule has 0 saturated heterocycles. The van der Waals surface area contributed by atoms with Crippen LogP contribution in [0.5, 0.6) is 0 Å². The summed E-state index contributed by atoms with van der Waals surface area (Å²) in [7, 11) is -1.03. The Kier molecular flexibility index (Phi) is 5.52. The topological polar surface area (TPSA) is 49.7 Å². The minimum Gasteiger partial charge on any atom is -0.388 e. The summed E-state index contributed by atoms with van der Waals surface area (Å²) in [5.74, 6) is -0.159. The molecule has 0 bridgehead atoms. The van der Waals surface area contributed by atoms with Gasteiger partial charge < -0.3 is 5.11 Å². The van der Waals surface area contributed by atoms with Crippen LogP contribution >= 0.6 is 0 Å². The van der Waals surface area contributed by atoms with Gasteiger partial charge in [-0.1, -0.05) is 61.5 Å². The van der Waals surface area contributed by atoms with Gasteiger partial charge in [0.05, 0.1) is 20.7 Å². The van der Waals surface area contributed by atoms with E-state index in [4.69, 9.17) is 0 Å². The molecule has 4 heteroatoms. The second kappa shape index (κ2) is 7.38. The first-order chi connectivity index (χ1) is 10.6. The molecule has 0 aliphatic heterocycles. The molecule has 2 rings (SSSR count). The quantitative estimate of drug-likeness (QED) is 0.905. The molecular weight excluding hydrogens is 294 g/mol. The van der Waals surface area contributed by atoms with Crippen molar-refractivity contribution in [3.63, 3.8) is 0 Å². The summed E-state index contributed by atoms with van der Waals surface area (Å²) < 4.78 is 16.9. The molecule has 0 heterocycles. The van der Waals surface area contributed by atoms with E-state index in [-0.39, 0.29) is 5.92 Å². The van der Waals surface area contributed by atoms with Crippen molar-refractivity contribution in [2.75, 3.05) is 7.05 Å². The summed E-state index contributed by atoms with van der Waals surface area (Å²) >= 11 is 0. The first-order valence-electron chi connectivity index (χ1n) is 7.18. The molecular formula is C18H21NO2S. The normalized spacial score (nSPS) is 16.9. The van der Waals surface area contributed by atoms with Crippen molar-refractivity contribution in [1.29, 1.82) is 0 Å². The maximum Gasteiger partial charge on any atom is 0.0963 e. The van der Waals surface area contributed by atoms with Crippen molar-refractivity contribution in [2.24, 2.45) is 10.3 Å². The Balaban J connectivity index is 2.21.